The molecule has 1 fully saturated rings. The van der Waals surface area contributed by atoms with Crippen LogP contribution in [0.1, 0.15) is 31.7 Å². The molecular formula is C20H21ClN2O2. The first-order chi connectivity index (χ1) is 12.0. The van der Waals surface area contributed by atoms with Crippen molar-refractivity contribution in [2.75, 3.05) is 16.8 Å². The molecule has 4 nitrogen and oxygen atoms in total. The Morgan fingerprint density at radius 3 is 2.56 bits per heavy atom. The monoisotopic (exact) mass is 356 g/mol. The number of halogens is 1. The van der Waals surface area contributed by atoms with Crippen molar-refractivity contribution in [3.05, 3.63) is 59.1 Å². The van der Waals surface area contributed by atoms with Gasteiger partial charge in [0.15, 0.2) is 0 Å². The molecular weight excluding hydrogens is 336 g/mol. The van der Waals surface area contributed by atoms with Gasteiger partial charge in [-0.1, -0.05) is 43.6 Å². The number of hydrogen-bond donors (Lipinski definition) is 1. The van der Waals surface area contributed by atoms with Crippen LogP contribution in [0.3, 0.4) is 0 Å². The molecule has 1 N–H and O–H groups in total. The van der Waals surface area contributed by atoms with Crippen molar-refractivity contribution in [2.24, 2.45) is 5.92 Å². The second kappa shape index (κ2) is 7.28. The molecule has 5 heteroatoms. The molecule has 130 valence electrons. The first kappa shape index (κ1) is 17.5. The highest BCUT2D eigenvalue weighted by Gasteiger charge is 2.37. The quantitative estimate of drug-likeness (QED) is 0.822. The molecule has 1 aliphatic heterocycles. The minimum absolute atomic E-state index is 0.156. The lowest BCUT2D eigenvalue weighted by Gasteiger charge is -2.18. The zero-order chi connectivity index (χ0) is 18.0. The van der Waals surface area contributed by atoms with Crippen LogP contribution in [-0.4, -0.2) is 18.4 Å². The molecule has 2 aromatic carbocycles. The molecule has 1 atom stereocenters. The van der Waals surface area contributed by atoms with Gasteiger partial charge in [-0.2, -0.15) is 0 Å². The van der Waals surface area contributed by atoms with E-state index in [1.807, 2.05) is 24.3 Å². The van der Waals surface area contributed by atoms with Gasteiger partial charge in [0.25, 0.3) is 0 Å². The van der Waals surface area contributed by atoms with Crippen LogP contribution in [0.4, 0.5) is 11.4 Å². The molecule has 0 aromatic heterocycles. The lowest BCUT2D eigenvalue weighted by molar-refractivity contribution is -0.129. The molecule has 1 heterocycles. The summed E-state index contributed by atoms with van der Waals surface area (Å²) < 4.78 is 0. The van der Waals surface area contributed by atoms with Crippen LogP contribution in [-0.2, 0) is 9.59 Å². The zero-order valence-corrected chi connectivity index (χ0v) is 15.1. The van der Waals surface area contributed by atoms with E-state index in [1.165, 1.54) is 5.56 Å². The Morgan fingerprint density at radius 1 is 1.20 bits per heavy atom. The van der Waals surface area contributed by atoms with E-state index >= 15 is 0 Å². The van der Waals surface area contributed by atoms with Gasteiger partial charge in [-0.25, -0.2) is 0 Å². The van der Waals surface area contributed by atoms with Crippen molar-refractivity contribution in [1.29, 1.82) is 0 Å². The van der Waals surface area contributed by atoms with E-state index in [0.29, 0.717) is 29.6 Å². The Morgan fingerprint density at radius 2 is 1.92 bits per heavy atom. The summed E-state index contributed by atoms with van der Waals surface area (Å²) in [7, 11) is 0. The summed E-state index contributed by atoms with van der Waals surface area (Å²) in [5.41, 5.74) is 2.67. The predicted octanol–water partition coefficient (Wildman–Crippen LogP) is 4.46. The van der Waals surface area contributed by atoms with Gasteiger partial charge in [-0.3, -0.25) is 9.59 Å². The van der Waals surface area contributed by atoms with Gasteiger partial charge in [0.2, 0.25) is 11.8 Å². The second-order valence-electron chi connectivity index (χ2n) is 6.58. The first-order valence-electron chi connectivity index (χ1n) is 8.43. The third-order valence-corrected chi connectivity index (χ3v) is 4.72. The molecule has 1 aliphatic rings. The molecule has 2 amide bonds. The third kappa shape index (κ3) is 3.85. The van der Waals surface area contributed by atoms with Crippen molar-refractivity contribution >= 4 is 34.8 Å². The standard InChI is InChI=1S/C20H21ClN2O2/c1-13(2)14-6-8-17(9-7-14)23-11-10-18(20(23)25)19(24)22-16-5-3-4-15(21)12-16/h3-9,12-13,18H,10-11H2,1-2H3,(H,22,24)/t18-/m0/s1. The number of benzene rings is 2. The lowest BCUT2D eigenvalue weighted by atomic mass is 10.0. The molecule has 3 rings (SSSR count). The van der Waals surface area contributed by atoms with Crippen molar-refractivity contribution in [3.8, 4) is 0 Å². The highest BCUT2D eigenvalue weighted by Crippen LogP contribution is 2.28. The first-order valence-corrected chi connectivity index (χ1v) is 8.81. The number of hydrogen-bond acceptors (Lipinski definition) is 2. The maximum absolute atomic E-state index is 12.7. The van der Waals surface area contributed by atoms with Gasteiger partial charge < -0.3 is 10.2 Å². The van der Waals surface area contributed by atoms with E-state index in [9.17, 15) is 9.59 Å². The second-order valence-corrected chi connectivity index (χ2v) is 7.01. The molecule has 0 radical (unpaired) electrons. The fraction of sp³-hybridized carbons (Fsp3) is 0.300. The van der Waals surface area contributed by atoms with Gasteiger partial charge in [0.05, 0.1) is 0 Å². The Hall–Kier alpha value is -2.33. The van der Waals surface area contributed by atoms with Gasteiger partial charge in [0.1, 0.15) is 5.92 Å². The van der Waals surface area contributed by atoms with Crippen LogP contribution in [0.25, 0.3) is 0 Å². The molecule has 0 aliphatic carbocycles. The van der Waals surface area contributed by atoms with Gasteiger partial charge in [0, 0.05) is 22.9 Å². The van der Waals surface area contributed by atoms with Crippen LogP contribution < -0.4 is 10.2 Å². The van der Waals surface area contributed by atoms with Gasteiger partial charge >= 0.3 is 0 Å². The minimum atomic E-state index is -0.663. The number of anilines is 2. The van der Waals surface area contributed by atoms with Crippen LogP contribution >= 0.6 is 11.6 Å². The maximum atomic E-state index is 12.7. The summed E-state index contributed by atoms with van der Waals surface area (Å²) in [6.45, 7) is 4.81. The van der Waals surface area contributed by atoms with Crippen molar-refractivity contribution in [3.63, 3.8) is 0 Å². The third-order valence-electron chi connectivity index (χ3n) is 4.49. The Labute approximate surface area is 152 Å². The summed E-state index contributed by atoms with van der Waals surface area (Å²) in [6.07, 6.45) is 0.511. The topological polar surface area (TPSA) is 49.4 Å². The molecule has 0 unspecified atom stereocenters. The fourth-order valence-corrected chi connectivity index (χ4v) is 3.20. The maximum Gasteiger partial charge on any atom is 0.239 e. The highest BCUT2D eigenvalue weighted by atomic mass is 35.5. The van der Waals surface area contributed by atoms with Crippen LogP contribution in [0.2, 0.25) is 5.02 Å². The SMILES string of the molecule is CC(C)c1ccc(N2CC[C@@H](C(=O)Nc3cccc(Cl)c3)C2=O)cc1. The van der Waals surface area contributed by atoms with Crippen molar-refractivity contribution < 1.29 is 9.59 Å². The van der Waals surface area contributed by atoms with Crippen LogP contribution in [0, 0.1) is 5.92 Å². The predicted molar refractivity (Wildman–Crippen MR) is 101 cm³/mol. The smallest absolute Gasteiger partial charge is 0.239 e. The lowest BCUT2D eigenvalue weighted by Crippen LogP contribution is -2.33. The molecule has 0 spiro atoms. The van der Waals surface area contributed by atoms with E-state index in [1.54, 1.807) is 29.2 Å². The molecule has 25 heavy (non-hydrogen) atoms. The Kier molecular flexibility index (Phi) is 5.09. The average Bonchev–Trinajstić information content (AvgIpc) is 2.96. The highest BCUT2D eigenvalue weighted by molar-refractivity contribution is 6.31. The van der Waals surface area contributed by atoms with E-state index in [4.69, 9.17) is 11.6 Å². The van der Waals surface area contributed by atoms with E-state index in [-0.39, 0.29) is 11.8 Å². The van der Waals surface area contributed by atoms with Crippen LogP contribution in [0.15, 0.2) is 48.5 Å². The summed E-state index contributed by atoms with van der Waals surface area (Å²) in [5.74, 6) is -0.659. The molecule has 1 saturated heterocycles. The zero-order valence-electron chi connectivity index (χ0n) is 14.3. The molecule has 2 aromatic rings. The van der Waals surface area contributed by atoms with Crippen LogP contribution in [0.5, 0.6) is 0 Å². The number of nitrogens with one attached hydrogen (secondary N) is 1. The fourth-order valence-electron chi connectivity index (χ4n) is 3.01. The van der Waals surface area contributed by atoms with Crippen molar-refractivity contribution in [1.82, 2.24) is 0 Å². The Bertz CT molecular complexity index is 787. The molecule has 0 bridgehead atoms. The summed E-state index contributed by atoms with van der Waals surface area (Å²) in [5, 5.41) is 3.32. The van der Waals surface area contributed by atoms with E-state index in [2.05, 4.69) is 19.2 Å². The number of rotatable bonds is 4. The van der Waals surface area contributed by atoms with Gasteiger partial charge in [-0.05, 0) is 48.2 Å². The molecule has 0 saturated carbocycles. The summed E-state index contributed by atoms with van der Waals surface area (Å²) in [6, 6.07) is 14.9. The normalized spacial score (nSPS) is 17.2. The number of carbonyl (C=O) groups excluding carboxylic acids is 2. The van der Waals surface area contributed by atoms with E-state index < -0.39 is 5.92 Å². The van der Waals surface area contributed by atoms with E-state index in [0.717, 1.165) is 5.69 Å². The summed E-state index contributed by atoms with van der Waals surface area (Å²) >= 11 is 5.93. The largest absolute Gasteiger partial charge is 0.325 e. The average molecular weight is 357 g/mol. The summed E-state index contributed by atoms with van der Waals surface area (Å²) in [4.78, 5) is 26.8. The number of nitrogens with zero attached hydrogens (tertiary/aromatic N) is 1. The van der Waals surface area contributed by atoms with Crippen molar-refractivity contribution in [2.45, 2.75) is 26.2 Å². The Balaban J connectivity index is 1.69. The number of amides is 2. The van der Waals surface area contributed by atoms with Gasteiger partial charge in [-0.15, -0.1) is 0 Å². The number of carbonyl (C=O) groups is 2. The minimum Gasteiger partial charge on any atom is -0.325 e.